The summed E-state index contributed by atoms with van der Waals surface area (Å²) in [5, 5.41) is 0. The Labute approximate surface area is 93.7 Å². The third-order valence-corrected chi connectivity index (χ3v) is 1.23. The van der Waals surface area contributed by atoms with Crippen molar-refractivity contribution < 1.29 is 0 Å². The van der Waals surface area contributed by atoms with Gasteiger partial charge >= 0.3 is 0 Å². The van der Waals surface area contributed by atoms with Crippen LogP contribution >= 0.6 is 0 Å². The average molecular weight is 222 g/mol. The Bertz CT molecular complexity index is 63.6. The third kappa shape index (κ3) is 57.4. The van der Waals surface area contributed by atoms with Crippen molar-refractivity contribution in [3.05, 3.63) is 0 Å². The summed E-state index contributed by atoms with van der Waals surface area (Å²) in [5.41, 5.74) is 30.2. The van der Waals surface area contributed by atoms with Crippen molar-refractivity contribution >= 4 is 0 Å². The number of nitrogens with two attached hydrogens (primary N) is 6. The molecule has 15 heavy (non-hydrogen) atoms. The van der Waals surface area contributed by atoms with Gasteiger partial charge in [-0.3, -0.25) is 0 Å². The summed E-state index contributed by atoms with van der Waals surface area (Å²) in [5.74, 6) is 0. The molecule has 6 nitrogen and oxygen atoms in total. The van der Waals surface area contributed by atoms with E-state index in [1.165, 1.54) is 0 Å². The van der Waals surface area contributed by atoms with Gasteiger partial charge in [0, 0.05) is 13.1 Å². The van der Waals surface area contributed by atoms with Crippen LogP contribution in [0.3, 0.4) is 0 Å². The highest BCUT2D eigenvalue weighted by Crippen LogP contribution is 1.77. The smallest absolute Gasteiger partial charge is 0.00461 e. The molecule has 0 atom stereocenters. The van der Waals surface area contributed by atoms with Crippen molar-refractivity contribution in [2.45, 2.75) is 19.3 Å². The van der Waals surface area contributed by atoms with E-state index in [0.29, 0.717) is 13.1 Å². The van der Waals surface area contributed by atoms with E-state index in [1.807, 2.05) is 0 Å². The van der Waals surface area contributed by atoms with Crippen LogP contribution in [-0.4, -0.2) is 39.3 Å². The van der Waals surface area contributed by atoms with Gasteiger partial charge in [0.1, 0.15) is 0 Å². The lowest BCUT2D eigenvalue weighted by Gasteiger charge is -1.87. The summed E-state index contributed by atoms with van der Waals surface area (Å²) in [7, 11) is 0. The first kappa shape index (κ1) is 20.2. The van der Waals surface area contributed by atoms with Gasteiger partial charge in [0.2, 0.25) is 0 Å². The fourth-order valence-electron chi connectivity index (χ4n) is 0.407. The van der Waals surface area contributed by atoms with Crippen LogP contribution in [0.4, 0.5) is 0 Å². The molecular weight excluding hydrogens is 192 g/mol. The maximum atomic E-state index is 5.16. The summed E-state index contributed by atoms with van der Waals surface area (Å²) in [6, 6.07) is 0. The fourth-order valence-corrected chi connectivity index (χ4v) is 0.407. The highest BCUT2D eigenvalue weighted by atomic mass is 14.6. The van der Waals surface area contributed by atoms with Crippen molar-refractivity contribution in [2.75, 3.05) is 39.3 Å². The number of hydrogen-bond acceptors (Lipinski definition) is 6. The molecule has 0 heterocycles. The normalized spacial score (nSPS) is 8.40. The SMILES string of the molecule is NCCCCN.NCCCN.NCCN. The molecule has 0 fully saturated rings. The van der Waals surface area contributed by atoms with Gasteiger partial charge in [-0.15, -0.1) is 0 Å². The van der Waals surface area contributed by atoms with Crippen LogP contribution in [0.25, 0.3) is 0 Å². The summed E-state index contributed by atoms with van der Waals surface area (Å²) in [6.45, 7) is 4.18. The van der Waals surface area contributed by atoms with E-state index >= 15 is 0 Å². The lowest BCUT2D eigenvalue weighted by Crippen LogP contribution is -2.11. The molecule has 12 N–H and O–H groups in total. The Hall–Kier alpha value is -0.240. The van der Waals surface area contributed by atoms with Gasteiger partial charge in [-0.25, -0.2) is 0 Å². The Balaban J connectivity index is -0.000000147. The molecule has 0 aliphatic rings. The van der Waals surface area contributed by atoms with E-state index < -0.39 is 0 Å². The molecule has 0 unspecified atom stereocenters. The van der Waals surface area contributed by atoms with E-state index in [-0.39, 0.29) is 0 Å². The topological polar surface area (TPSA) is 156 Å². The van der Waals surface area contributed by atoms with Crippen LogP contribution in [-0.2, 0) is 0 Å². The zero-order valence-corrected chi connectivity index (χ0v) is 9.83. The minimum atomic E-state index is 0.597. The van der Waals surface area contributed by atoms with E-state index in [2.05, 4.69) is 0 Å². The fraction of sp³-hybridized carbons (Fsp3) is 1.00. The minimum Gasteiger partial charge on any atom is -0.330 e. The van der Waals surface area contributed by atoms with Crippen molar-refractivity contribution in [1.29, 1.82) is 0 Å². The van der Waals surface area contributed by atoms with Gasteiger partial charge in [-0.2, -0.15) is 0 Å². The first-order valence-electron chi connectivity index (χ1n) is 5.45. The Morgan fingerprint density at radius 3 is 0.667 bits per heavy atom. The Kier molecular flexibility index (Phi) is 39.3. The van der Waals surface area contributed by atoms with Crippen molar-refractivity contribution in [1.82, 2.24) is 0 Å². The van der Waals surface area contributed by atoms with Crippen LogP contribution in [0.15, 0.2) is 0 Å². The lowest BCUT2D eigenvalue weighted by molar-refractivity contribution is 0.755. The maximum absolute atomic E-state index is 5.16. The molecule has 0 radical (unpaired) electrons. The summed E-state index contributed by atoms with van der Waals surface area (Å²) in [4.78, 5) is 0. The second-order valence-corrected chi connectivity index (χ2v) is 2.79. The molecule has 0 saturated heterocycles. The quantitative estimate of drug-likeness (QED) is 0.282. The van der Waals surface area contributed by atoms with E-state index in [1.54, 1.807) is 0 Å². The minimum absolute atomic E-state index is 0.597. The molecule has 96 valence electrons. The van der Waals surface area contributed by atoms with Crippen molar-refractivity contribution in [3.63, 3.8) is 0 Å². The molecule has 0 aromatic rings. The van der Waals surface area contributed by atoms with Crippen LogP contribution < -0.4 is 34.4 Å². The number of hydrogen-bond donors (Lipinski definition) is 6. The second kappa shape index (κ2) is 29.2. The number of rotatable bonds is 6. The zero-order valence-electron chi connectivity index (χ0n) is 9.83. The van der Waals surface area contributed by atoms with Crippen LogP contribution in [0.1, 0.15) is 19.3 Å². The van der Waals surface area contributed by atoms with Crippen molar-refractivity contribution in [2.24, 2.45) is 34.4 Å². The van der Waals surface area contributed by atoms with Crippen LogP contribution in [0, 0.1) is 0 Å². The van der Waals surface area contributed by atoms with Crippen LogP contribution in [0.2, 0.25) is 0 Å². The predicted octanol–water partition coefficient (Wildman–Crippen LogP) is -2.12. The molecular formula is C9H30N6. The van der Waals surface area contributed by atoms with E-state index in [9.17, 15) is 0 Å². The molecule has 6 heteroatoms. The molecule has 0 rings (SSSR count). The molecule has 0 aromatic carbocycles. The predicted molar refractivity (Wildman–Crippen MR) is 68.2 cm³/mol. The molecule has 0 aromatic heterocycles. The Morgan fingerprint density at radius 1 is 0.333 bits per heavy atom. The summed E-state index contributed by atoms with van der Waals surface area (Å²) in [6.07, 6.45) is 3.08. The van der Waals surface area contributed by atoms with Gasteiger partial charge in [-0.05, 0) is 45.4 Å². The average Bonchev–Trinajstić information content (AvgIpc) is 2.28. The molecule has 0 saturated carbocycles. The highest BCUT2D eigenvalue weighted by Gasteiger charge is 1.75. The molecule has 0 amide bonds. The first-order valence-corrected chi connectivity index (χ1v) is 5.45. The second-order valence-electron chi connectivity index (χ2n) is 2.79. The van der Waals surface area contributed by atoms with E-state index in [0.717, 1.165) is 45.4 Å². The van der Waals surface area contributed by atoms with Gasteiger partial charge in [0.05, 0.1) is 0 Å². The summed E-state index contributed by atoms with van der Waals surface area (Å²) >= 11 is 0. The zero-order chi connectivity index (χ0) is 12.4. The molecule has 0 spiro atoms. The Morgan fingerprint density at radius 2 is 0.600 bits per heavy atom. The van der Waals surface area contributed by atoms with Gasteiger partial charge in [0.25, 0.3) is 0 Å². The molecule has 0 aliphatic carbocycles. The maximum Gasteiger partial charge on any atom is 0.00461 e. The molecule has 0 bridgehead atoms. The third-order valence-electron chi connectivity index (χ3n) is 1.23. The summed E-state index contributed by atoms with van der Waals surface area (Å²) < 4.78 is 0. The molecule has 0 aliphatic heterocycles. The standard InChI is InChI=1S/C4H12N2.C3H10N2.C2H8N2/c5-3-1-2-4-6;4-2-1-3-5;3-1-2-4/h1-6H2;1-5H2;1-4H2. The number of unbranched alkanes of at least 4 members (excludes halogenated alkanes) is 1. The van der Waals surface area contributed by atoms with Gasteiger partial charge in [0.15, 0.2) is 0 Å². The van der Waals surface area contributed by atoms with E-state index in [4.69, 9.17) is 34.4 Å². The van der Waals surface area contributed by atoms with Gasteiger partial charge in [-0.1, -0.05) is 0 Å². The van der Waals surface area contributed by atoms with Crippen LogP contribution in [0.5, 0.6) is 0 Å². The largest absolute Gasteiger partial charge is 0.330 e. The monoisotopic (exact) mass is 222 g/mol. The first-order chi connectivity index (χ1) is 7.24. The lowest BCUT2D eigenvalue weighted by atomic mass is 10.3. The van der Waals surface area contributed by atoms with Gasteiger partial charge < -0.3 is 34.4 Å². The highest BCUT2D eigenvalue weighted by molar-refractivity contribution is 4.38. The van der Waals surface area contributed by atoms with Crippen molar-refractivity contribution in [3.8, 4) is 0 Å².